The minimum absolute atomic E-state index is 0. The maximum atomic E-state index is 5.33. The maximum absolute atomic E-state index is 5.33. The molecule has 42 heavy (non-hydrogen) atoms. The predicted octanol–water partition coefficient (Wildman–Crippen LogP) is 10.5. The van der Waals surface area contributed by atoms with Crippen LogP contribution in [0.25, 0.3) is 11.4 Å². The van der Waals surface area contributed by atoms with E-state index in [-0.39, 0.29) is 12.4 Å². The smallest absolute Gasteiger partial charge is 0.220 e. The molecule has 3 aromatic carbocycles. The maximum Gasteiger partial charge on any atom is 0.220 e. The van der Waals surface area contributed by atoms with Gasteiger partial charge in [0.05, 0.1) is 17.1 Å². The van der Waals surface area contributed by atoms with Crippen LogP contribution in [0.2, 0.25) is 0 Å². The molecule has 0 amide bonds. The van der Waals surface area contributed by atoms with Crippen LogP contribution in [-0.2, 0) is 0 Å². The monoisotopic (exact) mass is 584 g/mol. The molecular weight excluding hydrogens is 536 g/mol. The van der Waals surface area contributed by atoms with E-state index in [4.69, 9.17) is 9.98 Å². The molecule has 0 bridgehead atoms. The van der Waals surface area contributed by atoms with Crippen LogP contribution in [0.15, 0.2) is 77.0 Å². The highest BCUT2D eigenvalue weighted by atomic mass is 35.5. The molecule has 0 aliphatic carbocycles. The molecule has 0 spiro atoms. The molecule has 0 aliphatic heterocycles. The Bertz CT molecular complexity index is 1470. The van der Waals surface area contributed by atoms with Crippen molar-refractivity contribution in [3.63, 3.8) is 0 Å². The third-order valence-corrected chi connectivity index (χ3v) is 7.94. The number of hydrogen-bond acceptors (Lipinski definition) is 1. The van der Waals surface area contributed by atoms with E-state index in [1.807, 2.05) is 6.92 Å². The van der Waals surface area contributed by atoms with Crippen LogP contribution in [0.1, 0.15) is 119 Å². The summed E-state index contributed by atoms with van der Waals surface area (Å²) in [4.78, 5) is 10.4. The molecule has 1 aromatic heterocycles. The van der Waals surface area contributed by atoms with Gasteiger partial charge in [0.25, 0.3) is 0 Å². The normalized spacial score (nSPS) is 12.0. The second-order valence-corrected chi connectivity index (χ2v) is 12.5. The molecule has 4 aromatic rings. The first kappa shape index (κ1) is 33.1. The van der Waals surface area contributed by atoms with Gasteiger partial charge in [0.1, 0.15) is 5.84 Å². The first-order valence-electron chi connectivity index (χ1n) is 15.1. The van der Waals surface area contributed by atoms with E-state index in [9.17, 15) is 0 Å². The van der Waals surface area contributed by atoms with Gasteiger partial charge in [0.2, 0.25) is 5.62 Å². The van der Waals surface area contributed by atoms with Crippen molar-refractivity contribution < 1.29 is 0 Å². The average Bonchev–Trinajstić information content (AvgIpc) is 3.32. The van der Waals surface area contributed by atoms with Crippen LogP contribution >= 0.6 is 12.4 Å². The van der Waals surface area contributed by atoms with Gasteiger partial charge in [-0.25, -0.2) is 4.99 Å². The highest BCUT2D eigenvalue weighted by molar-refractivity contribution is 5.85. The number of aliphatic imine (C=N–C) groups is 1. The molecule has 0 fully saturated rings. The van der Waals surface area contributed by atoms with Gasteiger partial charge in [-0.3, -0.25) is 9.13 Å². The SMILES string of the molecule is CC(=Nc1c(C)cccc1C)N=c1n(-c2c(C(C)C)cccc2C(C)C)ccn1-c1c(C(C)C)cccc1C(C)C.Cl. The van der Waals surface area contributed by atoms with E-state index < -0.39 is 0 Å². The van der Waals surface area contributed by atoms with E-state index >= 15 is 0 Å². The van der Waals surface area contributed by atoms with Crippen LogP contribution in [0.4, 0.5) is 5.69 Å². The molecule has 0 unspecified atom stereocenters. The first-order chi connectivity index (χ1) is 19.4. The zero-order chi connectivity index (χ0) is 30.0. The molecule has 0 radical (unpaired) electrons. The van der Waals surface area contributed by atoms with Crippen molar-refractivity contribution in [3.8, 4) is 11.4 Å². The van der Waals surface area contributed by atoms with Gasteiger partial charge in [-0.15, -0.1) is 12.4 Å². The van der Waals surface area contributed by atoms with Crippen molar-refractivity contribution in [3.05, 3.63) is 106 Å². The highest BCUT2D eigenvalue weighted by Crippen LogP contribution is 2.33. The van der Waals surface area contributed by atoms with Crippen LogP contribution in [0.5, 0.6) is 0 Å². The van der Waals surface area contributed by atoms with Gasteiger partial charge in [-0.1, -0.05) is 110 Å². The molecule has 0 saturated heterocycles. The molecule has 0 atom stereocenters. The Labute approximate surface area is 259 Å². The minimum Gasteiger partial charge on any atom is -0.285 e. The Morgan fingerprint density at radius 2 is 0.905 bits per heavy atom. The first-order valence-corrected chi connectivity index (χ1v) is 15.1. The third kappa shape index (κ3) is 6.65. The van der Waals surface area contributed by atoms with Crippen molar-refractivity contribution in [1.29, 1.82) is 0 Å². The topological polar surface area (TPSA) is 34.6 Å². The second-order valence-electron chi connectivity index (χ2n) is 12.5. The van der Waals surface area contributed by atoms with Gasteiger partial charge in [-0.2, -0.15) is 4.99 Å². The summed E-state index contributed by atoms with van der Waals surface area (Å²) >= 11 is 0. The average molecular weight is 585 g/mol. The number of benzene rings is 3. The lowest BCUT2D eigenvalue weighted by Crippen LogP contribution is -2.28. The summed E-state index contributed by atoms with van der Waals surface area (Å²) in [6, 6.07) is 19.8. The lowest BCUT2D eigenvalue weighted by molar-refractivity contribution is 0.763. The van der Waals surface area contributed by atoms with Crippen LogP contribution in [0.3, 0.4) is 0 Å². The highest BCUT2D eigenvalue weighted by Gasteiger charge is 2.21. The summed E-state index contributed by atoms with van der Waals surface area (Å²) in [5.41, 5.74) is 11.9. The second kappa shape index (κ2) is 13.7. The standard InChI is InChI=1S/C37H48N4.ClH/c1-23(2)30-17-13-18-31(24(3)4)35(30)40-21-22-41(36-32(25(5)6)19-14-20-33(36)26(7)8)37(40)39-29(11)38-34-27(9)15-12-16-28(34)10;/h12-26H,1-11H3;1H. The van der Waals surface area contributed by atoms with Crippen molar-refractivity contribution >= 4 is 23.9 Å². The summed E-state index contributed by atoms with van der Waals surface area (Å²) in [6.07, 6.45) is 4.39. The van der Waals surface area contributed by atoms with E-state index in [1.165, 1.54) is 33.6 Å². The fraction of sp³-hybridized carbons (Fsp3) is 0.405. The molecule has 0 N–H and O–H groups in total. The Morgan fingerprint density at radius 1 is 0.571 bits per heavy atom. The van der Waals surface area contributed by atoms with Gasteiger partial charge in [-0.05, 0) is 77.8 Å². The summed E-state index contributed by atoms with van der Waals surface area (Å²) in [5, 5.41) is 0. The van der Waals surface area contributed by atoms with Crippen LogP contribution < -0.4 is 5.62 Å². The Morgan fingerprint density at radius 3 is 1.24 bits per heavy atom. The summed E-state index contributed by atoms with van der Waals surface area (Å²) in [5.74, 6) is 2.20. The van der Waals surface area contributed by atoms with Gasteiger partial charge < -0.3 is 0 Å². The van der Waals surface area contributed by atoms with Gasteiger partial charge >= 0.3 is 0 Å². The van der Waals surface area contributed by atoms with Crippen molar-refractivity contribution in [2.45, 2.75) is 99.8 Å². The number of para-hydroxylation sites is 3. The summed E-state index contributed by atoms with van der Waals surface area (Å²) in [6.45, 7) is 24.4. The fourth-order valence-electron chi connectivity index (χ4n) is 5.73. The number of aryl methyl sites for hydroxylation is 2. The number of amidine groups is 1. The number of aromatic nitrogens is 2. The molecule has 4 rings (SSSR count). The van der Waals surface area contributed by atoms with E-state index in [2.05, 4.69) is 145 Å². The Hall–Kier alpha value is -3.37. The quantitative estimate of drug-likeness (QED) is 0.153. The van der Waals surface area contributed by atoms with Crippen LogP contribution in [0, 0.1) is 13.8 Å². The molecule has 0 aliphatic rings. The zero-order valence-corrected chi connectivity index (χ0v) is 28.2. The molecular formula is C37H49ClN4. The number of halogens is 1. The Balaban J connectivity index is 0.00000484. The third-order valence-electron chi connectivity index (χ3n) is 7.94. The van der Waals surface area contributed by atoms with E-state index in [0.717, 1.165) is 28.3 Å². The van der Waals surface area contributed by atoms with Crippen molar-refractivity contribution in [2.75, 3.05) is 0 Å². The van der Waals surface area contributed by atoms with E-state index in [0.29, 0.717) is 23.7 Å². The lowest BCUT2D eigenvalue weighted by Gasteiger charge is -2.22. The fourth-order valence-corrected chi connectivity index (χ4v) is 5.73. The predicted molar refractivity (Wildman–Crippen MR) is 183 cm³/mol. The molecule has 5 heteroatoms. The lowest BCUT2D eigenvalue weighted by atomic mass is 9.92. The largest absolute Gasteiger partial charge is 0.285 e. The van der Waals surface area contributed by atoms with Crippen LogP contribution in [-0.4, -0.2) is 15.0 Å². The van der Waals surface area contributed by atoms with Crippen molar-refractivity contribution in [1.82, 2.24) is 9.13 Å². The number of nitrogens with zero attached hydrogens (tertiary/aromatic N) is 4. The zero-order valence-electron chi connectivity index (χ0n) is 27.4. The van der Waals surface area contributed by atoms with Crippen molar-refractivity contribution in [2.24, 2.45) is 9.98 Å². The number of rotatable bonds is 7. The molecule has 224 valence electrons. The summed E-state index contributed by atoms with van der Waals surface area (Å²) in [7, 11) is 0. The minimum atomic E-state index is 0. The number of hydrogen-bond donors (Lipinski definition) is 0. The molecule has 1 heterocycles. The van der Waals surface area contributed by atoms with Gasteiger partial charge in [0.15, 0.2) is 0 Å². The van der Waals surface area contributed by atoms with E-state index in [1.54, 1.807) is 0 Å². The molecule has 0 saturated carbocycles. The summed E-state index contributed by atoms with van der Waals surface area (Å²) < 4.78 is 4.60. The molecule has 4 nitrogen and oxygen atoms in total. The number of imidazole rings is 1. The Kier molecular flexibility index (Phi) is 10.8. The van der Waals surface area contributed by atoms with Gasteiger partial charge in [0, 0.05) is 12.4 Å².